The van der Waals surface area contributed by atoms with Gasteiger partial charge in [0.25, 0.3) is 32.1 Å². The lowest BCUT2D eigenvalue weighted by atomic mass is 10.1. The van der Waals surface area contributed by atoms with Crippen molar-refractivity contribution in [2.45, 2.75) is 103 Å². The van der Waals surface area contributed by atoms with Crippen LogP contribution in [-0.4, -0.2) is 122 Å². The fourth-order valence-electron chi connectivity index (χ4n) is 10.3. The van der Waals surface area contributed by atoms with E-state index in [-0.39, 0.29) is 68.8 Å². The number of carbonyl (C=O) groups is 2. The van der Waals surface area contributed by atoms with Crippen LogP contribution < -0.4 is 19.2 Å². The van der Waals surface area contributed by atoms with E-state index in [0.29, 0.717) is 77.9 Å². The lowest BCUT2D eigenvalue weighted by Gasteiger charge is -2.26. The topological polar surface area (TPSA) is 296 Å². The van der Waals surface area contributed by atoms with E-state index in [4.69, 9.17) is 63.9 Å². The molecule has 94 heavy (non-hydrogen) atoms. The van der Waals surface area contributed by atoms with E-state index < -0.39 is 50.3 Å². The number of nitrogens with one attached hydrogen (secondary N) is 2. The zero-order valence-corrected chi connectivity index (χ0v) is 58.5. The largest absolute Gasteiger partial charge is 0.382 e. The first-order valence-corrected chi connectivity index (χ1v) is 37.6. The van der Waals surface area contributed by atoms with Gasteiger partial charge in [-0.2, -0.15) is 43.9 Å². The third kappa shape index (κ3) is 19.3. The lowest BCUT2D eigenvalue weighted by molar-refractivity contribution is 0.0736. The maximum atomic E-state index is 13.3. The Kier molecular flexibility index (Phi) is 24.5. The molecule has 504 valence electrons. The summed E-state index contributed by atoms with van der Waals surface area (Å²) >= 11 is 25.3. The third-order valence-corrected chi connectivity index (χ3v) is 20.4. The van der Waals surface area contributed by atoms with E-state index >= 15 is 0 Å². The zero-order valence-electron chi connectivity index (χ0n) is 52.2. The molecule has 2 fully saturated rings. The minimum atomic E-state index is -4.47. The van der Waals surface area contributed by atoms with Crippen LogP contribution >= 0.6 is 46.4 Å². The van der Waals surface area contributed by atoms with E-state index in [1.807, 2.05) is 51.6 Å². The van der Waals surface area contributed by atoms with E-state index in [9.17, 15) is 43.3 Å². The number of hydrogen-bond donors (Lipinski definition) is 4. The average Bonchev–Trinajstić information content (AvgIpc) is 1.64. The highest BCUT2D eigenvalue weighted by atomic mass is 35.5. The number of aromatic nitrogens is 4. The molecule has 2 aromatic heterocycles. The van der Waals surface area contributed by atoms with Crippen molar-refractivity contribution in [2.24, 2.45) is 11.8 Å². The van der Waals surface area contributed by atoms with E-state index in [1.165, 1.54) is 24.3 Å². The second kappa shape index (κ2) is 31.5. The molecular formula is C64H72Cl4N8O14S4. The van der Waals surface area contributed by atoms with Crippen molar-refractivity contribution in [1.29, 1.82) is 0 Å². The Morgan fingerprint density at radius 3 is 1.15 bits per heavy atom. The summed E-state index contributed by atoms with van der Waals surface area (Å²) < 4.78 is 126. The predicted molar refractivity (Wildman–Crippen MR) is 365 cm³/mol. The van der Waals surface area contributed by atoms with Gasteiger partial charge in [0.1, 0.15) is 21.3 Å². The summed E-state index contributed by atoms with van der Waals surface area (Å²) in [6, 6.07) is 31.0. The Morgan fingerprint density at radius 1 is 0.500 bits per heavy atom. The first-order chi connectivity index (χ1) is 44.3. The number of carbonyl (C=O) groups excluding carboxylic acids is 2. The molecule has 0 aliphatic carbocycles. The maximum absolute atomic E-state index is 13.3. The van der Waals surface area contributed by atoms with Crippen LogP contribution in [0.2, 0.25) is 20.1 Å². The highest BCUT2D eigenvalue weighted by molar-refractivity contribution is 7.87. The molecule has 30 heteroatoms. The van der Waals surface area contributed by atoms with Gasteiger partial charge in [-0.25, -0.2) is 19.4 Å². The fourth-order valence-corrected chi connectivity index (χ4v) is 15.2. The number of benzene rings is 6. The summed E-state index contributed by atoms with van der Waals surface area (Å²) in [5, 5.41) is 14.9. The standard InChI is InChI=1S/2C27H32Cl2N4O4S.C10H8O6S2/c2*1-18(2)13-16-38(35,36)37-22-10-7-20(8-11-22)26-19(3)25(27(34)31-32-14-5-4-6-15-32)30-33(26)24-12-9-21(28)17-23(24)29;11-17(12,13)9-5-1-3-7-8(9)4-2-6-10(7)18(14,15)16/h2*7-12,17-18H,4-6,13-16H2,1-3H3,(H,31,34);1-6H,(H,11,12,13)(H,14,15,16). The van der Waals surface area contributed by atoms with E-state index in [0.717, 1.165) is 76.8 Å². The molecular weight excluding hydrogens is 1370 g/mol. The van der Waals surface area contributed by atoms with Crippen LogP contribution in [0, 0.1) is 25.7 Å². The quantitative estimate of drug-likeness (QED) is 0.0407. The number of fused-ring (bicyclic) bond motifs is 1. The molecule has 2 saturated heterocycles. The molecule has 2 aliphatic rings. The lowest BCUT2D eigenvalue weighted by Crippen LogP contribution is -2.45. The predicted octanol–water partition coefficient (Wildman–Crippen LogP) is 13.4. The third-order valence-electron chi connectivity index (χ3n) is 15.2. The average molecular weight is 1450 g/mol. The molecule has 8 aromatic rings. The second-order valence-electron chi connectivity index (χ2n) is 23.3. The molecule has 10 rings (SSSR count). The van der Waals surface area contributed by atoms with Gasteiger partial charge in [-0.15, -0.1) is 0 Å². The molecule has 0 spiro atoms. The highest BCUT2D eigenvalue weighted by Gasteiger charge is 2.28. The van der Waals surface area contributed by atoms with Crippen LogP contribution in [0.25, 0.3) is 44.7 Å². The minimum Gasteiger partial charge on any atom is -0.382 e. The first-order valence-electron chi connectivity index (χ1n) is 30.0. The van der Waals surface area contributed by atoms with Crippen LogP contribution in [0.3, 0.4) is 0 Å². The molecule has 4 heterocycles. The summed E-state index contributed by atoms with van der Waals surface area (Å²) in [7, 11) is -16.3. The number of rotatable bonds is 20. The van der Waals surface area contributed by atoms with E-state index in [2.05, 4.69) is 21.0 Å². The van der Waals surface area contributed by atoms with Crippen molar-refractivity contribution in [3.8, 4) is 45.4 Å². The molecule has 0 saturated carbocycles. The molecule has 0 radical (unpaired) electrons. The van der Waals surface area contributed by atoms with Crippen molar-refractivity contribution >= 4 is 109 Å². The second-order valence-corrected chi connectivity index (χ2v) is 31.1. The normalized spacial score (nSPS) is 14.2. The number of piperidine rings is 2. The van der Waals surface area contributed by atoms with Crippen LogP contribution in [-0.2, 0) is 40.5 Å². The summed E-state index contributed by atoms with van der Waals surface area (Å²) in [5.41, 5.74) is 11.6. The monoisotopic (exact) mass is 1440 g/mol. The fraction of sp³-hybridized carbons (Fsp3) is 0.344. The highest BCUT2D eigenvalue weighted by Crippen LogP contribution is 2.37. The number of nitrogens with zero attached hydrogens (tertiary/aromatic N) is 6. The molecule has 6 aromatic carbocycles. The number of hydrogen-bond acceptors (Lipinski definition) is 16. The van der Waals surface area contributed by atoms with Gasteiger partial charge < -0.3 is 8.37 Å². The van der Waals surface area contributed by atoms with E-state index in [1.54, 1.807) is 94.3 Å². The Hall–Kier alpha value is -6.66. The van der Waals surface area contributed by atoms with Crippen LogP contribution in [0.15, 0.2) is 131 Å². The Morgan fingerprint density at radius 2 is 0.840 bits per heavy atom. The first kappa shape index (κ1) is 73.2. The summed E-state index contributed by atoms with van der Waals surface area (Å²) in [6.07, 6.45) is 7.45. The summed E-state index contributed by atoms with van der Waals surface area (Å²) in [4.78, 5) is 25.7. The molecule has 2 aliphatic heterocycles. The maximum Gasteiger partial charge on any atom is 0.309 e. The number of amides is 2. The van der Waals surface area contributed by atoms with Gasteiger partial charge in [0, 0.05) is 69.3 Å². The van der Waals surface area contributed by atoms with Crippen molar-refractivity contribution in [1.82, 2.24) is 40.4 Å². The Labute approximate surface area is 568 Å². The smallest absolute Gasteiger partial charge is 0.309 e. The van der Waals surface area contributed by atoms with Gasteiger partial charge in [-0.1, -0.05) is 111 Å². The summed E-state index contributed by atoms with van der Waals surface area (Å²) in [6.45, 7) is 14.7. The van der Waals surface area contributed by atoms with Crippen LogP contribution in [0.4, 0.5) is 0 Å². The van der Waals surface area contributed by atoms with Crippen molar-refractivity contribution in [3.63, 3.8) is 0 Å². The molecule has 0 unspecified atom stereocenters. The molecule has 0 bridgehead atoms. The van der Waals surface area contributed by atoms with Gasteiger partial charge >= 0.3 is 20.2 Å². The van der Waals surface area contributed by atoms with Crippen molar-refractivity contribution < 1.29 is 60.7 Å². The number of hydrazine groups is 2. The van der Waals surface area contributed by atoms with Gasteiger partial charge in [0.2, 0.25) is 0 Å². The van der Waals surface area contributed by atoms with Crippen LogP contribution in [0.5, 0.6) is 11.5 Å². The van der Waals surface area contributed by atoms with Crippen LogP contribution in [0.1, 0.15) is 111 Å². The Balaban J connectivity index is 0.000000192. The Bertz CT molecular complexity index is 4240. The molecule has 4 N–H and O–H groups in total. The minimum absolute atomic E-state index is 0.0233. The van der Waals surface area contributed by atoms with Gasteiger partial charge in [-0.3, -0.25) is 29.5 Å². The SMILES string of the molecule is Cc1c(C(=O)NN2CCCCC2)nn(-c2ccc(Cl)cc2Cl)c1-c1ccc(OS(=O)(=O)CCC(C)C)cc1.Cc1c(C(=O)NN2CCCCC2)nn(-c2ccc(Cl)cc2Cl)c1-c1ccc(OS(=O)(=O)CCC(C)C)cc1.O=S(=O)(O)c1cccc2c(S(=O)(=O)O)cccc12. The van der Waals surface area contributed by atoms with Gasteiger partial charge in [0.05, 0.1) is 44.3 Å². The molecule has 0 atom stereocenters. The zero-order chi connectivity index (χ0) is 68.5. The van der Waals surface area contributed by atoms with Gasteiger partial charge in [-0.05, 0) is 161 Å². The number of halogens is 4. The molecule has 2 amide bonds. The molecule has 22 nitrogen and oxygen atoms in total. The summed E-state index contributed by atoms with van der Waals surface area (Å²) in [5.74, 6) is 0.227. The van der Waals surface area contributed by atoms with Gasteiger partial charge in [0.15, 0.2) is 11.4 Å². The van der Waals surface area contributed by atoms with Crippen molar-refractivity contribution in [2.75, 3.05) is 37.7 Å². The van der Waals surface area contributed by atoms with Crippen molar-refractivity contribution in [3.05, 3.63) is 164 Å².